The molecule has 0 unspecified atom stereocenters. The van der Waals surface area contributed by atoms with Crippen molar-refractivity contribution in [2.45, 2.75) is 19.6 Å². The lowest BCUT2D eigenvalue weighted by Gasteiger charge is -2.08. The number of furan rings is 1. The molecule has 1 heterocycles. The van der Waals surface area contributed by atoms with Gasteiger partial charge in [-0.3, -0.25) is 0 Å². The van der Waals surface area contributed by atoms with Crippen LogP contribution in [-0.4, -0.2) is 12.6 Å². The van der Waals surface area contributed by atoms with Crippen LogP contribution < -0.4 is 5.32 Å². The van der Waals surface area contributed by atoms with Crippen molar-refractivity contribution in [3.63, 3.8) is 0 Å². The summed E-state index contributed by atoms with van der Waals surface area (Å²) in [5, 5.41) is 2.91. The van der Waals surface area contributed by atoms with Gasteiger partial charge in [-0.2, -0.15) is 13.2 Å². The molecular formula is C15H14F3NO3. The summed E-state index contributed by atoms with van der Waals surface area (Å²) in [6.07, 6.45) is -4.35. The molecule has 0 aliphatic carbocycles. The second-order valence-corrected chi connectivity index (χ2v) is 4.42. The number of alkyl halides is 3. The van der Waals surface area contributed by atoms with E-state index in [1.54, 1.807) is 13.0 Å². The Morgan fingerprint density at radius 3 is 2.45 bits per heavy atom. The smallest absolute Gasteiger partial charge is 0.416 e. The van der Waals surface area contributed by atoms with Gasteiger partial charge in [-0.25, -0.2) is 4.79 Å². The maximum absolute atomic E-state index is 12.4. The van der Waals surface area contributed by atoms with Crippen LogP contribution in [0.2, 0.25) is 0 Å². The Morgan fingerprint density at radius 2 is 1.86 bits per heavy atom. The van der Waals surface area contributed by atoms with E-state index >= 15 is 0 Å². The van der Waals surface area contributed by atoms with Crippen molar-refractivity contribution in [1.29, 1.82) is 0 Å². The van der Waals surface area contributed by atoms with Gasteiger partial charge in [-0.05, 0) is 43.3 Å². The van der Waals surface area contributed by atoms with Crippen LogP contribution in [0.5, 0.6) is 0 Å². The number of rotatable bonds is 5. The van der Waals surface area contributed by atoms with Crippen LogP contribution in [-0.2, 0) is 17.5 Å². The van der Waals surface area contributed by atoms with Gasteiger partial charge in [0.15, 0.2) is 0 Å². The minimum absolute atomic E-state index is 0.0890. The normalized spacial score (nSPS) is 11.3. The zero-order valence-corrected chi connectivity index (χ0v) is 11.7. The van der Waals surface area contributed by atoms with E-state index in [9.17, 15) is 18.0 Å². The van der Waals surface area contributed by atoms with E-state index in [0.29, 0.717) is 11.4 Å². The first-order valence-corrected chi connectivity index (χ1v) is 6.57. The molecule has 0 saturated carbocycles. The van der Waals surface area contributed by atoms with E-state index in [1.165, 1.54) is 18.2 Å². The number of halogens is 3. The summed E-state index contributed by atoms with van der Waals surface area (Å²) < 4.78 is 47.4. The SMILES string of the molecule is CCOC(=O)c1ccc(CNc2ccc(C(F)(F)F)cc2)o1. The Labute approximate surface area is 124 Å². The van der Waals surface area contributed by atoms with E-state index in [4.69, 9.17) is 9.15 Å². The zero-order valence-electron chi connectivity index (χ0n) is 11.7. The number of carbonyl (C=O) groups is 1. The summed E-state index contributed by atoms with van der Waals surface area (Å²) in [5.41, 5.74) is -0.192. The van der Waals surface area contributed by atoms with E-state index in [1.807, 2.05) is 0 Å². The van der Waals surface area contributed by atoms with Gasteiger partial charge in [0.05, 0.1) is 18.7 Å². The van der Waals surface area contributed by atoms with Gasteiger partial charge in [-0.1, -0.05) is 0 Å². The highest BCUT2D eigenvalue weighted by Gasteiger charge is 2.29. The lowest BCUT2D eigenvalue weighted by Crippen LogP contribution is -2.05. The van der Waals surface area contributed by atoms with Crippen molar-refractivity contribution in [2.24, 2.45) is 0 Å². The van der Waals surface area contributed by atoms with Gasteiger partial charge in [-0.15, -0.1) is 0 Å². The molecule has 0 spiro atoms. The van der Waals surface area contributed by atoms with Crippen LogP contribution in [0.3, 0.4) is 0 Å². The van der Waals surface area contributed by atoms with Gasteiger partial charge in [0.1, 0.15) is 5.76 Å². The highest BCUT2D eigenvalue weighted by Crippen LogP contribution is 2.29. The Morgan fingerprint density at radius 1 is 1.18 bits per heavy atom. The molecule has 7 heteroatoms. The van der Waals surface area contributed by atoms with Crippen LogP contribution in [0.1, 0.15) is 28.8 Å². The third-order valence-corrected chi connectivity index (χ3v) is 2.82. The highest BCUT2D eigenvalue weighted by atomic mass is 19.4. The van der Waals surface area contributed by atoms with Crippen LogP contribution in [0.4, 0.5) is 18.9 Å². The molecule has 22 heavy (non-hydrogen) atoms. The number of anilines is 1. The van der Waals surface area contributed by atoms with Crippen molar-refractivity contribution >= 4 is 11.7 Å². The van der Waals surface area contributed by atoms with E-state index < -0.39 is 17.7 Å². The third-order valence-electron chi connectivity index (χ3n) is 2.82. The highest BCUT2D eigenvalue weighted by molar-refractivity contribution is 5.86. The Balaban J connectivity index is 1.94. The number of esters is 1. The predicted octanol–water partition coefficient (Wildman–Crippen LogP) is 4.09. The molecule has 1 N–H and O–H groups in total. The number of hydrogen-bond acceptors (Lipinski definition) is 4. The Kier molecular flexibility index (Phi) is 4.75. The Bertz CT molecular complexity index is 632. The molecular weight excluding hydrogens is 299 g/mol. The monoisotopic (exact) mass is 313 g/mol. The first-order valence-electron chi connectivity index (χ1n) is 6.57. The molecule has 118 valence electrons. The maximum Gasteiger partial charge on any atom is 0.416 e. The van der Waals surface area contributed by atoms with Crippen LogP contribution in [0, 0.1) is 0 Å². The third kappa shape index (κ3) is 4.03. The number of hydrogen-bond donors (Lipinski definition) is 1. The van der Waals surface area contributed by atoms with Gasteiger partial charge in [0.25, 0.3) is 0 Å². The van der Waals surface area contributed by atoms with Gasteiger partial charge < -0.3 is 14.5 Å². The van der Waals surface area contributed by atoms with Crippen molar-refractivity contribution in [3.05, 3.63) is 53.5 Å². The summed E-state index contributed by atoms with van der Waals surface area (Å²) >= 11 is 0. The molecule has 2 rings (SSSR count). The summed E-state index contributed by atoms with van der Waals surface area (Å²) in [5.74, 6) is 0.0114. The maximum atomic E-state index is 12.4. The van der Waals surface area contributed by atoms with Gasteiger partial charge in [0.2, 0.25) is 5.76 Å². The molecule has 2 aromatic rings. The van der Waals surface area contributed by atoms with Crippen molar-refractivity contribution in [2.75, 3.05) is 11.9 Å². The molecule has 0 fully saturated rings. The number of nitrogens with one attached hydrogen (secondary N) is 1. The van der Waals surface area contributed by atoms with E-state index in [2.05, 4.69) is 5.32 Å². The zero-order chi connectivity index (χ0) is 16.2. The summed E-state index contributed by atoms with van der Waals surface area (Å²) in [4.78, 5) is 11.4. The standard InChI is InChI=1S/C15H14F3NO3/c1-2-21-14(20)13-8-7-12(22-13)9-19-11-5-3-10(4-6-11)15(16,17)18/h3-8,19H,2,9H2,1H3. The second kappa shape index (κ2) is 6.55. The quantitative estimate of drug-likeness (QED) is 0.845. The van der Waals surface area contributed by atoms with Crippen LogP contribution in [0.25, 0.3) is 0 Å². The largest absolute Gasteiger partial charge is 0.460 e. The first kappa shape index (κ1) is 15.9. The molecule has 0 radical (unpaired) electrons. The van der Waals surface area contributed by atoms with Crippen molar-refractivity contribution in [1.82, 2.24) is 0 Å². The Hall–Kier alpha value is -2.44. The topological polar surface area (TPSA) is 51.5 Å². The van der Waals surface area contributed by atoms with Gasteiger partial charge >= 0.3 is 12.1 Å². The fourth-order valence-electron chi connectivity index (χ4n) is 1.75. The van der Waals surface area contributed by atoms with Crippen LogP contribution >= 0.6 is 0 Å². The molecule has 0 bridgehead atoms. The van der Waals surface area contributed by atoms with E-state index in [0.717, 1.165) is 12.1 Å². The second-order valence-electron chi connectivity index (χ2n) is 4.42. The molecule has 4 nitrogen and oxygen atoms in total. The predicted molar refractivity (Wildman–Crippen MR) is 73.4 cm³/mol. The fourth-order valence-corrected chi connectivity index (χ4v) is 1.75. The molecule has 1 aromatic heterocycles. The molecule has 0 aliphatic heterocycles. The number of benzene rings is 1. The van der Waals surface area contributed by atoms with Crippen LogP contribution in [0.15, 0.2) is 40.8 Å². The fraction of sp³-hybridized carbons (Fsp3) is 0.267. The minimum Gasteiger partial charge on any atom is -0.460 e. The molecule has 1 aromatic carbocycles. The number of ether oxygens (including phenoxy) is 1. The van der Waals surface area contributed by atoms with Gasteiger partial charge in [0, 0.05) is 5.69 Å². The molecule has 0 atom stereocenters. The lowest BCUT2D eigenvalue weighted by atomic mass is 10.2. The lowest BCUT2D eigenvalue weighted by molar-refractivity contribution is -0.137. The minimum atomic E-state index is -4.35. The summed E-state index contributed by atoms with van der Waals surface area (Å²) in [6, 6.07) is 7.74. The van der Waals surface area contributed by atoms with Crippen molar-refractivity contribution < 1.29 is 27.1 Å². The summed E-state index contributed by atoms with van der Waals surface area (Å²) in [6.45, 7) is 2.18. The van der Waals surface area contributed by atoms with Crippen molar-refractivity contribution in [3.8, 4) is 0 Å². The average molecular weight is 313 g/mol. The molecule has 0 amide bonds. The summed E-state index contributed by atoms with van der Waals surface area (Å²) in [7, 11) is 0. The number of carbonyl (C=O) groups excluding carboxylic acids is 1. The molecule has 0 aliphatic rings. The average Bonchev–Trinajstić information content (AvgIpc) is 2.94. The first-order chi connectivity index (χ1) is 10.4. The van der Waals surface area contributed by atoms with E-state index in [-0.39, 0.29) is 18.9 Å². The molecule has 0 saturated heterocycles.